The Labute approximate surface area is 141 Å². The summed E-state index contributed by atoms with van der Waals surface area (Å²) < 4.78 is 30.2. The molecule has 0 saturated carbocycles. The summed E-state index contributed by atoms with van der Waals surface area (Å²) in [6.45, 7) is 0.632. The highest BCUT2D eigenvalue weighted by molar-refractivity contribution is 7.91. The normalized spacial score (nSPS) is 20.8. The number of amides is 1. The predicted octanol–water partition coefficient (Wildman–Crippen LogP) is 2.68. The first-order valence-electron chi connectivity index (χ1n) is 7.83. The van der Waals surface area contributed by atoms with Crippen molar-refractivity contribution >= 4 is 21.8 Å². The molecule has 1 aromatic carbocycles. The first kappa shape index (κ1) is 16.5. The van der Waals surface area contributed by atoms with E-state index >= 15 is 0 Å². The molecule has 0 radical (unpaired) electrons. The molecule has 1 aliphatic rings. The van der Waals surface area contributed by atoms with E-state index in [1.54, 1.807) is 23.1 Å². The SMILES string of the molecule is O=C(/C=C/c1ccco1)N1CCC(c2ccccc2)S(=O)(=O)CC1. The maximum atomic E-state index is 12.5. The molecule has 0 N–H and O–H groups in total. The van der Waals surface area contributed by atoms with Crippen LogP contribution in [0.2, 0.25) is 0 Å². The zero-order chi connectivity index (χ0) is 17.0. The van der Waals surface area contributed by atoms with Crippen LogP contribution in [-0.2, 0) is 14.6 Å². The van der Waals surface area contributed by atoms with E-state index in [1.807, 2.05) is 30.3 Å². The van der Waals surface area contributed by atoms with Gasteiger partial charge in [-0.15, -0.1) is 0 Å². The van der Waals surface area contributed by atoms with Gasteiger partial charge in [0, 0.05) is 19.2 Å². The van der Waals surface area contributed by atoms with Gasteiger partial charge in [0.15, 0.2) is 9.84 Å². The Bertz CT molecular complexity index is 810. The summed E-state index contributed by atoms with van der Waals surface area (Å²) in [6.07, 6.45) is 4.96. The minimum Gasteiger partial charge on any atom is -0.465 e. The quantitative estimate of drug-likeness (QED) is 0.802. The van der Waals surface area contributed by atoms with Crippen LogP contribution in [-0.4, -0.2) is 38.1 Å². The standard InChI is InChI=1S/C18H19NO4S/c20-18(9-8-16-7-4-13-23-16)19-11-10-17(24(21,22)14-12-19)15-5-2-1-3-6-15/h1-9,13,17H,10-12,14H2/b9-8+. The van der Waals surface area contributed by atoms with Gasteiger partial charge in [-0.25, -0.2) is 8.42 Å². The number of rotatable bonds is 3. The third-order valence-corrected chi connectivity index (χ3v) is 6.28. The minimum atomic E-state index is -3.27. The molecule has 1 amide bonds. The molecule has 0 aliphatic carbocycles. The molecule has 3 rings (SSSR count). The molecule has 6 heteroatoms. The first-order valence-corrected chi connectivity index (χ1v) is 9.55. The Morgan fingerprint density at radius 2 is 1.92 bits per heavy atom. The van der Waals surface area contributed by atoms with Crippen molar-refractivity contribution in [3.05, 3.63) is 66.1 Å². The van der Waals surface area contributed by atoms with Crippen LogP contribution in [0, 0.1) is 0 Å². The minimum absolute atomic E-state index is 0.0209. The lowest BCUT2D eigenvalue weighted by atomic mass is 10.1. The molecule has 2 aromatic rings. The molecule has 0 bridgehead atoms. The molecule has 24 heavy (non-hydrogen) atoms. The van der Waals surface area contributed by atoms with Gasteiger partial charge in [-0.3, -0.25) is 4.79 Å². The largest absolute Gasteiger partial charge is 0.465 e. The van der Waals surface area contributed by atoms with Crippen molar-refractivity contribution in [2.24, 2.45) is 0 Å². The van der Waals surface area contributed by atoms with Crippen LogP contribution in [0.4, 0.5) is 0 Å². The summed E-state index contributed by atoms with van der Waals surface area (Å²) in [6, 6.07) is 12.7. The second-order valence-electron chi connectivity index (χ2n) is 5.73. The molecule has 1 aromatic heterocycles. The van der Waals surface area contributed by atoms with Crippen molar-refractivity contribution in [2.45, 2.75) is 11.7 Å². The fourth-order valence-corrected chi connectivity index (χ4v) is 4.65. The molecule has 5 nitrogen and oxygen atoms in total. The van der Waals surface area contributed by atoms with Crippen LogP contribution < -0.4 is 0 Å². The van der Waals surface area contributed by atoms with Crippen LogP contribution in [0.5, 0.6) is 0 Å². The Morgan fingerprint density at radius 3 is 2.62 bits per heavy atom. The van der Waals surface area contributed by atoms with Crippen LogP contribution in [0.3, 0.4) is 0 Å². The lowest BCUT2D eigenvalue weighted by Crippen LogP contribution is -2.32. The molecule has 2 heterocycles. The van der Waals surface area contributed by atoms with Crippen LogP contribution in [0.15, 0.2) is 59.2 Å². The first-order chi connectivity index (χ1) is 11.6. The fourth-order valence-electron chi connectivity index (χ4n) is 2.85. The molecular weight excluding hydrogens is 326 g/mol. The Balaban J connectivity index is 1.73. The Kier molecular flexibility index (Phi) is 4.85. The molecular formula is C18H19NO4S. The van der Waals surface area contributed by atoms with Gasteiger partial charge in [-0.1, -0.05) is 30.3 Å². The van der Waals surface area contributed by atoms with Crippen molar-refractivity contribution in [3.8, 4) is 0 Å². The van der Waals surface area contributed by atoms with Gasteiger partial charge in [0.25, 0.3) is 0 Å². The van der Waals surface area contributed by atoms with E-state index in [4.69, 9.17) is 4.42 Å². The molecule has 1 fully saturated rings. The summed E-state index contributed by atoms with van der Waals surface area (Å²) in [5.41, 5.74) is 0.790. The maximum Gasteiger partial charge on any atom is 0.246 e. The van der Waals surface area contributed by atoms with Crippen LogP contribution in [0.1, 0.15) is 23.0 Å². The van der Waals surface area contributed by atoms with E-state index in [9.17, 15) is 13.2 Å². The fraction of sp³-hybridized carbons (Fsp3) is 0.278. The van der Waals surface area contributed by atoms with Crippen molar-refractivity contribution in [1.82, 2.24) is 4.90 Å². The second kappa shape index (κ2) is 7.05. The van der Waals surface area contributed by atoms with E-state index in [0.29, 0.717) is 18.7 Å². The van der Waals surface area contributed by atoms with E-state index in [-0.39, 0.29) is 18.2 Å². The van der Waals surface area contributed by atoms with Gasteiger partial charge in [-0.2, -0.15) is 0 Å². The summed E-state index contributed by atoms with van der Waals surface area (Å²) in [5.74, 6) is 0.371. The van der Waals surface area contributed by atoms with Gasteiger partial charge in [-0.05, 0) is 30.2 Å². The highest BCUT2D eigenvalue weighted by Crippen LogP contribution is 2.29. The number of carbonyl (C=O) groups excluding carboxylic acids is 1. The monoisotopic (exact) mass is 345 g/mol. The molecule has 126 valence electrons. The molecule has 1 aliphatic heterocycles. The number of nitrogens with zero attached hydrogens (tertiary/aromatic N) is 1. The summed E-state index contributed by atoms with van der Waals surface area (Å²) in [5, 5.41) is -0.550. The Hall–Kier alpha value is -2.34. The highest BCUT2D eigenvalue weighted by atomic mass is 32.2. The maximum absolute atomic E-state index is 12.5. The average molecular weight is 345 g/mol. The van der Waals surface area contributed by atoms with Gasteiger partial charge < -0.3 is 9.32 Å². The number of carbonyl (C=O) groups is 1. The van der Waals surface area contributed by atoms with Crippen molar-refractivity contribution < 1.29 is 17.6 Å². The van der Waals surface area contributed by atoms with Gasteiger partial charge in [0.1, 0.15) is 5.76 Å². The van der Waals surface area contributed by atoms with Crippen LogP contribution >= 0.6 is 0 Å². The van der Waals surface area contributed by atoms with E-state index in [2.05, 4.69) is 0 Å². The summed E-state index contributed by atoms with van der Waals surface area (Å²) in [4.78, 5) is 13.9. The third-order valence-electron chi connectivity index (χ3n) is 4.16. The zero-order valence-corrected chi connectivity index (χ0v) is 14.0. The van der Waals surface area contributed by atoms with E-state index in [0.717, 1.165) is 5.56 Å². The molecule has 0 spiro atoms. The summed E-state index contributed by atoms with van der Waals surface area (Å²) >= 11 is 0. The Morgan fingerprint density at radius 1 is 1.12 bits per heavy atom. The lowest BCUT2D eigenvalue weighted by molar-refractivity contribution is -0.125. The third kappa shape index (κ3) is 3.76. The number of benzene rings is 1. The topological polar surface area (TPSA) is 67.6 Å². The van der Waals surface area contributed by atoms with Gasteiger partial charge in [0.05, 0.1) is 17.3 Å². The van der Waals surface area contributed by atoms with E-state index in [1.165, 1.54) is 12.3 Å². The van der Waals surface area contributed by atoms with Crippen LogP contribution in [0.25, 0.3) is 6.08 Å². The van der Waals surface area contributed by atoms with Crippen molar-refractivity contribution in [2.75, 3.05) is 18.8 Å². The highest BCUT2D eigenvalue weighted by Gasteiger charge is 2.32. The summed E-state index contributed by atoms with van der Waals surface area (Å²) in [7, 11) is -3.27. The lowest BCUT2D eigenvalue weighted by Gasteiger charge is -2.18. The number of furan rings is 1. The smallest absolute Gasteiger partial charge is 0.246 e. The predicted molar refractivity (Wildman–Crippen MR) is 91.9 cm³/mol. The zero-order valence-electron chi connectivity index (χ0n) is 13.2. The van der Waals surface area contributed by atoms with Crippen molar-refractivity contribution in [1.29, 1.82) is 0 Å². The van der Waals surface area contributed by atoms with E-state index < -0.39 is 15.1 Å². The van der Waals surface area contributed by atoms with Gasteiger partial charge in [0.2, 0.25) is 5.91 Å². The number of hydrogen-bond acceptors (Lipinski definition) is 4. The average Bonchev–Trinajstić information content (AvgIpc) is 3.04. The second-order valence-corrected chi connectivity index (χ2v) is 8.03. The van der Waals surface area contributed by atoms with Gasteiger partial charge >= 0.3 is 0 Å². The molecule has 1 saturated heterocycles. The molecule has 1 atom stereocenters. The number of sulfone groups is 1. The molecule has 1 unspecified atom stereocenters. The van der Waals surface area contributed by atoms with Crippen molar-refractivity contribution in [3.63, 3.8) is 0 Å². The number of hydrogen-bond donors (Lipinski definition) is 0.